The second kappa shape index (κ2) is 5.55. The van der Waals surface area contributed by atoms with E-state index in [1.165, 1.54) is 0 Å². The van der Waals surface area contributed by atoms with Gasteiger partial charge in [-0.25, -0.2) is 0 Å². The SMILES string of the molecule is CCC(C)CS(=O)(=O)O.[H-].[Na+]. The fourth-order valence-electron chi connectivity index (χ4n) is 0.477. The Labute approximate surface area is 85.7 Å². The van der Waals surface area contributed by atoms with Crippen molar-refractivity contribution in [2.75, 3.05) is 5.75 Å². The van der Waals surface area contributed by atoms with Crippen molar-refractivity contribution in [1.82, 2.24) is 0 Å². The monoisotopic (exact) mass is 176 g/mol. The van der Waals surface area contributed by atoms with Crippen molar-refractivity contribution in [3.8, 4) is 0 Å². The summed E-state index contributed by atoms with van der Waals surface area (Å²) in [6, 6.07) is 0. The Kier molecular flexibility index (Phi) is 7.49. The van der Waals surface area contributed by atoms with Crippen LogP contribution in [0.2, 0.25) is 0 Å². The van der Waals surface area contributed by atoms with Crippen LogP contribution in [0.15, 0.2) is 0 Å². The second-order valence-corrected chi connectivity index (χ2v) is 3.76. The van der Waals surface area contributed by atoms with E-state index in [1.807, 2.05) is 6.92 Å². The first-order valence-corrected chi connectivity index (χ1v) is 4.51. The van der Waals surface area contributed by atoms with Gasteiger partial charge in [0.25, 0.3) is 10.1 Å². The topological polar surface area (TPSA) is 54.4 Å². The summed E-state index contributed by atoms with van der Waals surface area (Å²) < 4.78 is 28.6. The van der Waals surface area contributed by atoms with Crippen molar-refractivity contribution < 1.29 is 44.0 Å². The number of hydrogen-bond donors (Lipinski definition) is 1. The maximum atomic E-state index is 10.2. The van der Waals surface area contributed by atoms with Crippen molar-refractivity contribution in [1.29, 1.82) is 0 Å². The molecule has 0 radical (unpaired) electrons. The molecule has 0 bridgehead atoms. The quantitative estimate of drug-likeness (QED) is 0.401. The van der Waals surface area contributed by atoms with Crippen LogP contribution in [-0.2, 0) is 10.1 Å². The first-order valence-electron chi connectivity index (χ1n) is 2.91. The van der Waals surface area contributed by atoms with Crippen molar-refractivity contribution >= 4 is 10.1 Å². The summed E-state index contributed by atoms with van der Waals surface area (Å²) in [4.78, 5) is 0. The van der Waals surface area contributed by atoms with Crippen LogP contribution in [0.3, 0.4) is 0 Å². The van der Waals surface area contributed by atoms with Crippen LogP contribution < -0.4 is 29.6 Å². The zero-order valence-corrected chi connectivity index (χ0v) is 9.48. The van der Waals surface area contributed by atoms with Crippen LogP contribution in [0, 0.1) is 5.92 Å². The summed E-state index contributed by atoms with van der Waals surface area (Å²) in [5.74, 6) is -0.0660. The smallest absolute Gasteiger partial charge is 1.00 e. The predicted octanol–water partition coefficient (Wildman–Crippen LogP) is -1.96. The molecule has 1 atom stereocenters. The summed E-state index contributed by atoms with van der Waals surface area (Å²) >= 11 is 0. The molecular weight excluding hydrogens is 163 g/mol. The van der Waals surface area contributed by atoms with E-state index in [2.05, 4.69) is 0 Å². The molecule has 5 heteroatoms. The average molecular weight is 176 g/mol. The van der Waals surface area contributed by atoms with E-state index in [-0.39, 0.29) is 42.7 Å². The molecule has 0 saturated heterocycles. The average Bonchev–Trinajstić information content (AvgIpc) is 1.62. The molecule has 0 aromatic heterocycles. The summed E-state index contributed by atoms with van der Waals surface area (Å²) in [7, 11) is -3.74. The fraction of sp³-hybridized carbons (Fsp3) is 1.00. The minimum Gasteiger partial charge on any atom is -1.00 e. The second-order valence-electron chi connectivity index (χ2n) is 2.26. The van der Waals surface area contributed by atoms with Gasteiger partial charge < -0.3 is 1.43 Å². The van der Waals surface area contributed by atoms with E-state index in [0.29, 0.717) is 0 Å². The van der Waals surface area contributed by atoms with Crippen LogP contribution in [0.4, 0.5) is 0 Å². The maximum absolute atomic E-state index is 10.2. The van der Waals surface area contributed by atoms with E-state index >= 15 is 0 Å². The van der Waals surface area contributed by atoms with Gasteiger partial charge in [0.2, 0.25) is 0 Å². The Morgan fingerprint density at radius 1 is 1.60 bits per heavy atom. The Morgan fingerprint density at radius 3 is 2.10 bits per heavy atom. The van der Waals surface area contributed by atoms with Gasteiger partial charge in [-0.1, -0.05) is 20.3 Å². The van der Waals surface area contributed by atoms with Crippen LogP contribution in [0.25, 0.3) is 0 Å². The third-order valence-electron chi connectivity index (χ3n) is 1.19. The molecular formula is C5H13NaO3S. The molecule has 10 heavy (non-hydrogen) atoms. The Morgan fingerprint density at radius 2 is 2.00 bits per heavy atom. The summed E-state index contributed by atoms with van der Waals surface area (Å²) in [5, 5.41) is 0. The minimum absolute atomic E-state index is 0. The first-order chi connectivity index (χ1) is 3.95. The van der Waals surface area contributed by atoms with Gasteiger partial charge in [-0.05, 0) is 5.92 Å². The van der Waals surface area contributed by atoms with Gasteiger partial charge in [0.1, 0.15) is 0 Å². The molecule has 58 valence electrons. The number of hydrogen-bond acceptors (Lipinski definition) is 2. The van der Waals surface area contributed by atoms with E-state index in [1.54, 1.807) is 6.92 Å². The molecule has 1 unspecified atom stereocenters. The van der Waals surface area contributed by atoms with E-state index in [9.17, 15) is 8.42 Å². The molecule has 0 aromatic rings. The summed E-state index contributed by atoms with van der Waals surface area (Å²) in [6.45, 7) is 3.67. The van der Waals surface area contributed by atoms with Gasteiger partial charge in [-0.15, -0.1) is 0 Å². The van der Waals surface area contributed by atoms with Gasteiger partial charge in [-0.3, -0.25) is 4.55 Å². The van der Waals surface area contributed by atoms with E-state index in [4.69, 9.17) is 4.55 Å². The van der Waals surface area contributed by atoms with Crippen LogP contribution in [0.5, 0.6) is 0 Å². The van der Waals surface area contributed by atoms with Crippen molar-refractivity contribution in [3.05, 3.63) is 0 Å². The molecule has 0 aliphatic heterocycles. The molecule has 0 fully saturated rings. The van der Waals surface area contributed by atoms with Crippen molar-refractivity contribution in [2.45, 2.75) is 20.3 Å². The zero-order valence-electron chi connectivity index (χ0n) is 7.66. The predicted molar refractivity (Wildman–Crippen MR) is 37.0 cm³/mol. The van der Waals surface area contributed by atoms with E-state index < -0.39 is 10.1 Å². The molecule has 0 heterocycles. The van der Waals surface area contributed by atoms with Gasteiger partial charge >= 0.3 is 29.6 Å². The Hall–Kier alpha value is 0.910. The molecule has 0 aromatic carbocycles. The molecule has 0 aliphatic carbocycles. The largest absolute Gasteiger partial charge is 1.00 e. The maximum Gasteiger partial charge on any atom is 1.00 e. The minimum atomic E-state index is -3.74. The van der Waals surface area contributed by atoms with Crippen molar-refractivity contribution in [2.24, 2.45) is 5.92 Å². The first kappa shape index (κ1) is 13.5. The standard InChI is InChI=1S/C5H12O3S.Na.H/c1-3-5(2)4-9(6,7)8;;/h5H,3-4H2,1-2H3,(H,6,7,8);;/q;+1;-1. The summed E-state index contributed by atoms with van der Waals surface area (Å²) in [5.41, 5.74) is 0. The van der Waals surface area contributed by atoms with Crippen LogP contribution in [0.1, 0.15) is 21.7 Å². The molecule has 0 rings (SSSR count). The zero-order chi connectivity index (χ0) is 7.49. The van der Waals surface area contributed by atoms with Crippen LogP contribution in [-0.4, -0.2) is 18.7 Å². The Bertz CT molecular complexity index is 169. The third-order valence-corrected chi connectivity index (χ3v) is 2.18. The molecule has 1 N–H and O–H groups in total. The van der Waals surface area contributed by atoms with Crippen molar-refractivity contribution in [3.63, 3.8) is 0 Å². The number of rotatable bonds is 3. The van der Waals surface area contributed by atoms with Gasteiger partial charge in [0.15, 0.2) is 0 Å². The molecule has 0 amide bonds. The summed E-state index contributed by atoms with van der Waals surface area (Å²) in [6.07, 6.45) is 0.778. The third kappa shape index (κ3) is 8.91. The van der Waals surface area contributed by atoms with Crippen LogP contribution >= 0.6 is 0 Å². The molecule has 0 saturated carbocycles. The molecule has 0 aliphatic rings. The fourth-order valence-corrected chi connectivity index (χ4v) is 1.43. The van der Waals surface area contributed by atoms with Gasteiger partial charge in [-0.2, -0.15) is 8.42 Å². The normalized spacial score (nSPS) is 13.9. The van der Waals surface area contributed by atoms with Gasteiger partial charge in [0, 0.05) is 0 Å². The van der Waals surface area contributed by atoms with Gasteiger partial charge in [0.05, 0.1) is 5.75 Å². The van der Waals surface area contributed by atoms with E-state index in [0.717, 1.165) is 6.42 Å². The molecule has 3 nitrogen and oxygen atoms in total. The Balaban J connectivity index is -0.000000320. The molecule has 0 spiro atoms.